The normalized spacial score (nSPS) is 18.8. The summed E-state index contributed by atoms with van der Waals surface area (Å²) in [4.78, 5) is 28.9. The Morgan fingerprint density at radius 3 is 2.72 bits per heavy atom. The van der Waals surface area contributed by atoms with Crippen LogP contribution in [0.25, 0.3) is 0 Å². The molecule has 1 aliphatic rings. The number of aromatic nitrogens is 1. The van der Waals surface area contributed by atoms with E-state index in [0.29, 0.717) is 12.8 Å². The fourth-order valence-corrected chi connectivity index (χ4v) is 3.05. The molecule has 3 rings (SSSR count). The first-order valence-corrected chi connectivity index (χ1v) is 8.71. The van der Waals surface area contributed by atoms with Gasteiger partial charge >= 0.3 is 0 Å². The molecule has 2 heterocycles. The highest BCUT2D eigenvalue weighted by Gasteiger charge is 2.26. The third kappa shape index (κ3) is 4.44. The monoisotopic (exact) mass is 337 g/mol. The van der Waals surface area contributed by atoms with Gasteiger partial charge in [-0.3, -0.25) is 14.6 Å². The van der Waals surface area contributed by atoms with Crippen LogP contribution in [0.1, 0.15) is 48.5 Å². The number of carbonyl (C=O) groups is 2. The molecule has 0 unspecified atom stereocenters. The molecule has 0 bridgehead atoms. The van der Waals surface area contributed by atoms with E-state index < -0.39 is 6.04 Å². The van der Waals surface area contributed by atoms with Crippen LogP contribution < -0.4 is 10.6 Å². The van der Waals surface area contributed by atoms with Gasteiger partial charge < -0.3 is 10.6 Å². The number of aryl methyl sites for hydroxylation is 1. The van der Waals surface area contributed by atoms with Crippen molar-refractivity contribution in [2.45, 2.75) is 44.7 Å². The molecule has 2 N–H and O–H groups in total. The van der Waals surface area contributed by atoms with E-state index in [4.69, 9.17) is 0 Å². The molecule has 1 fully saturated rings. The molecule has 1 aliphatic heterocycles. The zero-order valence-electron chi connectivity index (χ0n) is 14.4. The molecule has 1 aromatic heterocycles. The first kappa shape index (κ1) is 17.1. The van der Waals surface area contributed by atoms with Crippen molar-refractivity contribution >= 4 is 11.8 Å². The number of hydrogen-bond acceptors (Lipinski definition) is 3. The fraction of sp³-hybridized carbons (Fsp3) is 0.350. The summed E-state index contributed by atoms with van der Waals surface area (Å²) in [6, 6.07) is 12.9. The minimum Gasteiger partial charge on any atom is -0.344 e. The van der Waals surface area contributed by atoms with Crippen molar-refractivity contribution in [3.8, 4) is 0 Å². The molecule has 1 aromatic carbocycles. The van der Waals surface area contributed by atoms with Gasteiger partial charge in [0.15, 0.2) is 0 Å². The second kappa shape index (κ2) is 7.92. The molecule has 2 amide bonds. The van der Waals surface area contributed by atoms with E-state index in [1.165, 1.54) is 0 Å². The van der Waals surface area contributed by atoms with Crippen LogP contribution in [0, 0.1) is 6.92 Å². The van der Waals surface area contributed by atoms with Crippen molar-refractivity contribution in [3.63, 3.8) is 0 Å². The molecule has 25 heavy (non-hydrogen) atoms. The van der Waals surface area contributed by atoms with Crippen molar-refractivity contribution in [2.75, 3.05) is 0 Å². The van der Waals surface area contributed by atoms with Gasteiger partial charge in [-0.25, -0.2) is 0 Å². The maximum absolute atomic E-state index is 12.8. The van der Waals surface area contributed by atoms with Gasteiger partial charge in [0.2, 0.25) is 11.8 Å². The second-order valence-electron chi connectivity index (χ2n) is 6.47. The van der Waals surface area contributed by atoms with Crippen LogP contribution in [0.5, 0.6) is 0 Å². The topological polar surface area (TPSA) is 71.1 Å². The van der Waals surface area contributed by atoms with Crippen LogP contribution in [-0.2, 0) is 9.59 Å². The van der Waals surface area contributed by atoms with Gasteiger partial charge in [0.1, 0.15) is 6.04 Å². The predicted octanol–water partition coefficient (Wildman–Crippen LogP) is 2.65. The summed E-state index contributed by atoms with van der Waals surface area (Å²) in [5.41, 5.74) is 2.91. The van der Waals surface area contributed by atoms with Crippen LogP contribution >= 0.6 is 0 Å². The maximum atomic E-state index is 12.8. The summed E-state index contributed by atoms with van der Waals surface area (Å²) in [6.45, 7) is 2.03. The second-order valence-corrected chi connectivity index (χ2v) is 6.47. The van der Waals surface area contributed by atoms with Crippen molar-refractivity contribution in [1.82, 2.24) is 15.6 Å². The van der Waals surface area contributed by atoms with E-state index in [0.717, 1.165) is 29.7 Å². The smallest absolute Gasteiger partial charge is 0.243 e. The minimum atomic E-state index is -0.480. The summed E-state index contributed by atoms with van der Waals surface area (Å²) >= 11 is 0. The Hall–Kier alpha value is -2.69. The van der Waals surface area contributed by atoms with Gasteiger partial charge in [-0.05, 0) is 37.5 Å². The Balaban J connectivity index is 1.83. The number of amides is 2. The Morgan fingerprint density at radius 1 is 1.20 bits per heavy atom. The van der Waals surface area contributed by atoms with Crippen molar-refractivity contribution < 1.29 is 9.59 Å². The van der Waals surface area contributed by atoms with Crippen LogP contribution in [-0.4, -0.2) is 22.8 Å². The Bertz CT molecular complexity index is 728. The SMILES string of the molecule is Cc1ccc([C@@H](NC(=O)[C@@H]2CCCCC(=O)N2)c2ccccn2)cc1. The fourth-order valence-electron chi connectivity index (χ4n) is 3.05. The quantitative estimate of drug-likeness (QED) is 0.901. The number of hydrogen-bond donors (Lipinski definition) is 2. The maximum Gasteiger partial charge on any atom is 0.243 e. The van der Waals surface area contributed by atoms with Crippen LogP contribution in [0.3, 0.4) is 0 Å². The zero-order valence-corrected chi connectivity index (χ0v) is 14.4. The average Bonchev–Trinajstić information content (AvgIpc) is 2.86. The lowest BCUT2D eigenvalue weighted by molar-refractivity contribution is -0.128. The summed E-state index contributed by atoms with van der Waals surface area (Å²) in [7, 11) is 0. The van der Waals surface area contributed by atoms with Crippen molar-refractivity contribution in [1.29, 1.82) is 0 Å². The summed E-state index contributed by atoms with van der Waals surface area (Å²) < 4.78 is 0. The highest BCUT2D eigenvalue weighted by atomic mass is 16.2. The molecule has 0 radical (unpaired) electrons. The average molecular weight is 337 g/mol. The molecular weight excluding hydrogens is 314 g/mol. The van der Waals surface area contributed by atoms with Gasteiger partial charge in [0, 0.05) is 12.6 Å². The van der Waals surface area contributed by atoms with Gasteiger partial charge in [-0.15, -0.1) is 0 Å². The Labute approximate surface area is 147 Å². The molecular formula is C20H23N3O2. The number of nitrogens with one attached hydrogen (secondary N) is 2. The Morgan fingerprint density at radius 2 is 2.00 bits per heavy atom. The lowest BCUT2D eigenvalue weighted by Gasteiger charge is -2.23. The van der Waals surface area contributed by atoms with E-state index in [-0.39, 0.29) is 17.9 Å². The highest BCUT2D eigenvalue weighted by molar-refractivity contribution is 5.88. The molecule has 1 saturated heterocycles. The van der Waals surface area contributed by atoms with Crippen LogP contribution in [0.15, 0.2) is 48.7 Å². The Kier molecular flexibility index (Phi) is 5.43. The first-order valence-electron chi connectivity index (χ1n) is 8.71. The molecule has 5 heteroatoms. The van der Waals surface area contributed by atoms with E-state index in [1.54, 1.807) is 6.20 Å². The first-order chi connectivity index (χ1) is 12.1. The van der Waals surface area contributed by atoms with Crippen molar-refractivity contribution in [2.24, 2.45) is 0 Å². The molecule has 2 atom stereocenters. The largest absolute Gasteiger partial charge is 0.344 e. The summed E-state index contributed by atoms with van der Waals surface area (Å²) in [5, 5.41) is 5.90. The van der Waals surface area contributed by atoms with Crippen LogP contribution in [0.2, 0.25) is 0 Å². The highest BCUT2D eigenvalue weighted by Crippen LogP contribution is 2.21. The van der Waals surface area contributed by atoms with E-state index in [2.05, 4.69) is 15.6 Å². The molecule has 0 aliphatic carbocycles. The standard InChI is InChI=1S/C20H23N3O2/c1-14-9-11-15(12-10-14)19(16-6-4-5-13-21-16)23-20(25)17-7-2-3-8-18(24)22-17/h4-6,9-13,17,19H,2-3,7-8H2,1H3,(H,22,24)(H,23,25)/t17-,19+/m0/s1. The van der Waals surface area contributed by atoms with E-state index in [9.17, 15) is 9.59 Å². The van der Waals surface area contributed by atoms with E-state index in [1.807, 2.05) is 49.4 Å². The number of rotatable bonds is 4. The third-order valence-electron chi connectivity index (χ3n) is 4.48. The molecule has 0 saturated carbocycles. The zero-order chi connectivity index (χ0) is 17.6. The molecule has 130 valence electrons. The van der Waals surface area contributed by atoms with Gasteiger partial charge in [-0.2, -0.15) is 0 Å². The van der Waals surface area contributed by atoms with Gasteiger partial charge in [0.25, 0.3) is 0 Å². The third-order valence-corrected chi connectivity index (χ3v) is 4.48. The molecule has 2 aromatic rings. The number of benzene rings is 1. The number of nitrogens with zero attached hydrogens (tertiary/aromatic N) is 1. The summed E-state index contributed by atoms with van der Waals surface area (Å²) in [6.07, 6.45) is 4.58. The predicted molar refractivity (Wildman–Crippen MR) is 95.8 cm³/mol. The lowest BCUT2D eigenvalue weighted by Crippen LogP contribution is -2.47. The lowest BCUT2D eigenvalue weighted by atomic mass is 10.0. The molecule has 0 spiro atoms. The minimum absolute atomic E-state index is 0.0534. The van der Waals surface area contributed by atoms with Crippen molar-refractivity contribution in [3.05, 3.63) is 65.5 Å². The summed E-state index contributed by atoms with van der Waals surface area (Å²) in [5.74, 6) is -0.214. The van der Waals surface area contributed by atoms with Gasteiger partial charge in [0.05, 0.1) is 11.7 Å². The number of pyridine rings is 1. The van der Waals surface area contributed by atoms with Gasteiger partial charge in [-0.1, -0.05) is 42.3 Å². The van der Waals surface area contributed by atoms with E-state index >= 15 is 0 Å². The van der Waals surface area contributed by atoms with Crippen LogP contribution in [0.4, 0.5) is 0 Å². The number of carbonyl (C=O) groups excluding carboxylic acids is 2. The molecule has 5 nitrogen and oxygen atoms in total.